The number of nitrogens with zero attached hydrogens (tertiary/aromatic N) is 2. The maximum Gasteiger partial charge on any atom is 0.227 e. The predicted molar refractivity (Wildman–Crippen MR) is 190 cm³/mol. The molecule has 0 unspecified atom stereocenters. The lowest BCUT2D eigenvalue weighted by atomic mass is 9.98. The van der Waals surface area contributed by atoms with E-state index in [4.69, 9.17) is 9.40 Å². The van der Waals surface area contributed by atoms with Crippen LogP contribution in [0.15, 0.2) is 162 Å². The standard InChI is InChI=1S/C41H26N2OS/c1-2-12-29(13-3-1)43(30-22-20-28(21-23-30)33-15-8-11-27-10-4-5-14-32(27)33)31-24-25-34-39(26-31)45-38-19-9-16-35(40(34)38)41-42-36-17-6-7-18-37(36)44-41/h1-26H. The average Bonchev–Trinajstić information content (AvgIpc) is 3.70. The van der Waals surface area contributed by atoms with Crippen LogP contribution in [0.2, 0.25) is 0 Å². The first-order chi connectivity index (χ1) is 22.3. The van der Waals surface area contributed by atoms with E-state index in [-0.39, 0.29) is 0 Å². The van der Waals surface area contributed by atoms with Crippen LogP contribution in [0.25, 0.3) is 64.6 Å². The van der Waals surface area contributed by atoms with Crippen molar-refractivity contribution in [1.29, 1.82) is 0 Å². The van der Waals surface area contributed by atoms with Gasteiger partial charge in [-0.05, 0) is 82.6 Å². The number of fused-ring (bicyclic) bond motifs is 5. The molecule has 45 heavy (non-hydrogen) atoms. The van der Waals surface area contributed by atoms with Gasteiger partial charge in [-0.15, -0.1) is 11.3 Å². The molecule has 0 aliphatic heterocycles. The van der Waals surface area contributed by atoms with E-state index in [1.165, 1.54) is 42.1 Å². The highest BCUT2D eigenvalue weighted by Crippen LogP contribution is 2.44. The van der Waals surface area contributed by atoms with Crippen molar-refractivity contribution in [3.63, 3.8) is 0 Å². The number of para-hydroxylation sites is 3. The summed E-state index contributed by atoms with van der Waals surface area (Å²) in [6.45, 7) is 0. The topological polar surface area (TPSA) is 29.3 Å². The van der Waals surface area contributed by atoms with Crippen molar-refractivity contribution in [2.75, 3.05) is 4.90 Å². The Labute approximate surface area is 264 Å². The first kappa shape index (κ1) is 25.8. The third kappa shape index (κ3) is 4.38. The number of aromatic nitrogens is 1. The molecular formula is C41H26N2OS. The Balaban J connectivity index is 1.16. The minimum Gasteiger partial charge on any atom is -0.436 e. The molecule has 0 radical (unpaired) electrons. The lowest BCUT2D eigenvalue weighted by Crippen LogP contribution is -2.09. The van der Waals surface area contributed by atoms with Crippen LogP contribution in [0, 0.1) is 0 Å². The number of hydrogen-bond acceptors (Lipinski definition) is 4. The fraction of sp³-hybridized carbons (Fsp3) is 0. The highest BCUT2D eigenvalue weighted by atomic mass is 32.1. The Morgan fingerprint density at radius 3 is 2.11 bits per heavy atom. The summed E-state index contributed by atoms with van der Waals surface area (Å²) in [5, 5.41) is 4.90. The van der Waals surface area contributed by atoms with Gasteiger partial charge in [0.15, 0.2) is 5.58 Å². The monoisotopic (exact) mass is 594 g/mol. The molecule has 2 heterocycles. The van der Waals surface area contributed by atoms with E-state index in [1.54, 1.807) is 11.3 Å². The molecule has 4 heteroatoms. The van der Waals surface area contributed by atoms with Crippen LogP contribution in [-0.2, 0) is 0 Å². The van der Waals surface area contributed by atoms with Crippen LogP contribution < -0.4 is 4.90 Å². The smallest absolute Gasteiger partial charge is 0.227 e. The highest BCUT2D eigenvalue weighted by Gasteiger charge is 2.18. The van der Waals surface area contributed by atoms with Gasteiger partial charge in [-0.3, -0.25) is 0 Å². The van der Waals surface area contributed by atoms with E-state index >= 15 is 0 Å². The summed E-state index contributed by atoms with van der Waals surface area (Å²) in [4.78, 5) is 7.15. The average molecular weight is 595 g/mol. The molecule has 0 amide bonds. The molecule has 9 aromatic rings. The summed E-state index contributed by atoms with van der Waals surface area (Å²) in [6.07, 6.45) is 0. The van der Waals surface area contributed by atoms with Gasteiger partial charge in [-0.25, -0.2) is 4.98 Å². The number of rotatable bonds is 5. The minimum absolute atomic E-state index is 0.655. The largest absolute Gasteiger partial charge is 0.436 e. The van der Waals surface area contributed by atoms with Gasteiger partial charge in [0.25, 0.3) is 0 Å². The molecule has 0 atom stereocenters. The van der Waals surface area contributed by atoms with Crippen molar-refractivity contribution in [3.05, 3.63) is 158 Å². The Kier molecular flexibility index (Phi) is 6.00. The fourth-order valence-electron chi connectivity index (χ4n) is 6.41. The van der Waals surface area contributed by atoms with Crippen molar-refractivity contribution in [1.82, 2.24) is 4.98 Å². The van der Waals surface area contributed by atoms with E-state index in [2.05, 4.69) is 138 Å². The van der Waals surface area contributed by atoms with Crippen LogP contribution in [0.4, 0.5) is 17.1 Å². The molecule has 0 fully saturated rings. The quantitative estimate of drug-likeness (QED) is 0.198. The first-order valence-electron chi connectivity index (χ1n) is 15.0. The molecule has 0 aliphatic rings. The molecule has 2 aromatic heterocycles. The summed E-state index contributed by atoms with van der Waals surface area (Å²) in [5.74, 6) is 0.655. The molecular weight excluding hydrogens is 569 g/mol. The summed E-state index contributed by atoms with van der Waals surface area (Å²) in [7, 11) is 0. The number of hydrogen-bond donors (Lipinski definition) is 0. The molecule has 3 nitrogen and oxygen atoms in total. The normalized spacial score (nSPS) is 11.6. The molecule has 0 bridgehead atoms. The highest BCUT2D eigenvalue weighted by molar-refractivity contribution is 7.26. The van der Waals surface area contributed by atoms with Crippen molar-refractivity contribution in [2.45, 2.75) is 0 Å². The van der Waals surface area contributed by atoms with E-state index in [0.717, 1.165) is 33.7 Å². The van der Waals surface area contributed by atoms with Crippen molar-refractivity contribution in [2.24, 2.45) is 0 Å². The summed E-state index contributed by atoms with van der Waals surface area (Å²) in [6, 6.07) is 55.7. The number of anilines is 3. The second-order valence-electron chi connectivity index (χ2n) is 11.2. The zero-order valence-corrected chi connectivity index (χ0v) is 25.0. The first-order valence-corrected chi connectivity index (χ1v) is 15.9. The van der Waals surface area contributed by atoms with Gasteiger partial charge in [-0.2, -0.15) is 0 Å². The molecule has 9 rings (SSSR count). The Hall–Kier alpha value is -5.71. The van der Waals surface area contributed by atoms with E-state index in [0.29, 0.717) is 5.89 Å². The second-order valence-corrected chi connectivity index (χ2v) is 12.3. The molecule has 0 saturated heterocycles. The van der Waals surface area contributed by atoms with Crippen LogP contribution in [0.5, 0.6) is 0 Å². The molecule has 7 aromatic carbocycles. The van der Waals surface area contributed by atoms with E-state index < -0.39 is 0 Å². The zero-order valence-electron chi connectivity index (χ0n) is 24.2. The maximum absolute atomic E-state index is 6.21. The van der Waals surface area contributed by atoms with Gasteiger partial charge in [0.05, 0.1) is 0 Å². The van der Waals surface area contributed by atoms with Crippen LogP contribution in [0.1, 0.15) is 0 Å². The van der Waals surface area contributed by atoms with Crippen LogP contribution in [-0.4, -0.2) is 4.98 Å². The molecule has 0 spiro atoms. The molecule has 0 N–H and O–H groups in total. The van der Waals surface area contributed by atoms with Gasteiger partial charge < -0.3 is 9.32 Å². The van der Waals surface area contributed by atoms with Crippen LogP contribution in [0.3, 0.4) is 0 Å². The van der Waals surface area contributed by atoms with Gasteiger partial charge >= 0.3 is 0 Å². The Morgan fingerprint density at radius 1 is 0.511 bits per heavy atom. The number of oxazole rings is 1. The Morgan fingerprint density at radius 2 is 1.22 bits per heavy atom. The molecule has 212 valence electrons. The van der Waals surface area contributed by atoms with Crippen molar-refractivity contribution in [3.8, 4) is 22.6 Å². The summed E-state index contributed by atoms with van der Waals surface area (Å²) < 4.78 is 8.65. The Bertz CT molecular complexity index is 2450. The summed E-state index contributed by atoms with van der Waals surface area (Å²) in [5.41, 5.74) is 8.48. The number of benzene rings is 7. The number of thiophene rings is 1. The van der Waals surface area contributed by atoms with E-state index in [1.807, 2.05) is 24.3 Å². The molecule has 0 saturated carbocycles. The second kappa shape index (κ2) is 10.5. The maximum atomic E-state index is 6.21. The summed E-state index contributed by atoms with van der Waals surface area (Å²) >= 11 is 1.80. The van der Waals surface area contributed by atoms with Crippen molar-refractivity contribution >= 4 is 70.4 Å². The third-order valence-electron chi connectivity index (χ3n) is 8.50. The third-order valence-corrected chi connectivity index (χ3v) is 9.62. The van der Waals surface area contributed by atoms with Crippen LogP contribution >= 0.6 is 11.3 Å². The van der Waals surface area contributed by atoms with Gasteiger partial charge in [0.1, 0.15) is 5.52 Å². The SMILES string of the molecule is c1ccc(N(c2ccc(-c3cccc4ccccc34)cc2)c2ccc3c(c2)sc2cccc(-c4nc5ccccc5o4)c23)cc1. The lowest BCUT2D eigenvalue weighted by Gasteiger charge is -2.25. The predicted octanol–water partition coefficient (Wildman–Crippen LogP) is 12.2. The van der Waals surface area contributed by atoms with E-state index in [9.17, 15) is 0 Å². The van der Waals surface area contributed by atoms with Crippen molar-refractivity contribution < 1.29 is 4.42 Å². The van der Waals surface area contributed by atoms with Gasteiger partial charge in [0.2, 0.25) is 5.89 Å². The minimum atomic E-state index is 0.655. The van der Waals surface area contributed by atoms with Gasteiger partial charge in [0, 0.05) is 42.8 Å². The molecule has 0 aliphatic carbocycles. The van der Waals surface area contributed by atoms with Gasteiger partial charge in [-0.1, -0.05) is 97.1 Å². The zero-order chi connectivity index (χ0) is 29.7. The fourth-order valence-corrected chi connectivity index (χ4v) is 7.58. The lowest BCUT2D eigenvalue weighted by molar-refractivity contribution is 0.620.